The van der Waals surface area contributed by atoms with Crippen LogP contribution in [0.15, 0.2) is 42.6 Å². The number of nitrogens with zero attached hydrogens (tertiary/aromatic N) is 1. The van der Waals surface area contributed by atoms with Crippen molar-refractivity contribution >= 4 is 0 Å². The van der Waals surface area contributed by atoms with Gasteiger partial charge in [0, 0.05) is 12.3 Å². The zero-order chi connectivity index (χ0) is 12.8. The van der Waals surface area contributed by atoms with Gasteiger partial charge in [-0.2, -0.15) is 0 Å². The Morgan fingerprint density at radius 3 is 2.28 bits per heavy atom. The minimum Gasteiger partial charge on any atom is -0.508 e. The largest absolute Gasteiger partial charge is 0.508 e. The molecule has 1 aromatic carbocycles. The molecular formula is C15H17NO2. The summed E-state index contributed by atoms with van der Waals surface area (Å²) in [6.07, 6.45) is 4.93. The van der Waals surface area contributed by atoms with E-state index in [0.29, 0.717) is 11.6 Å². The Labute approximate surface area is 107 Å². The van der Waals surface area contributed by atoms with Crippen LogP contribution in [0.2, 0.25) is 0 Å². The highest BCUT2D eigenvalue weighted by Gasteiger charge is 1.98. The maximum absolute atomic E-state index is 9.19. The number of phenols is 1. The minimum atomic E-state index is 0.318. The number of rotatable bonds is 5. The lowest BCUT2D eigenvalue weighted by molar-refractivity contribution is 0.397. The van der Waals surface area contributed by atoms with E-state index in [1.807, 2.05) is 30.5 Å². The third kappa shape index (κ3) is 3.48. The van der Waals surface area contributed by atoms with Gasteiger partial charge in [-0.1, -0.05) is 18.2 Å². The van der Waals surface area contributed by atoms with Crippen molar-refractivity contribution in [3.8, 4) is 11.6 Å². The molecule has 94 valence electrons. The number of pyridine rings is 1. The van der Waals surface area contributed by atoms with Crippen molar-refractivity contribution in [3.63, 3.8) is 0 Å². The Kier molecular flexibility index (Phi) is 4.18. The van der Waals surface area contributed by atoms with E-state index in [4.69, 9.17) is 4.74 Å². The fraction of sp³-hybridized carbons (Fsp3) is 0.267. The minimum absolute atomic E-state index is 0.318. The molecule has 0 bridgehead atoms. The van der Waals surface area contributed by atoms with E-state index in [-0.39, 0.29) is 0 Å². The lowest BCUT2D eigenvalue weighted by atomic mass is 10.1. The molecule has 18 heavy (non-hydrogen) atoms. The predicted molar refractivity (Wildman–Crippen MR) is 70.9 cm³/mol. The zero-order valence-electron chi connectivity index (χ0n) is 10.5. The van der Waals surface area contributed by atoms with E-state index in [1.165, 1.54) is 11.1 Å². The normalized spacial score (nSPS) is 10.3. The number of hydrogen-bond donors (Lipinski definition) is 1. The Morgan fingerprint density at radius 1 is 1.00 bits per heavy atom. The smallest absolute Gasteiger partial charge is 0.212 e. The number of ether oxygens (including phenoxy) is 1. The van der Waals surface area contributed by atoms with Crippen LogP contribution in [0.1, 0.15) is 17.5 Å². The van der Waals surface area contributed by atoms with Crippen LogP contribution in [-0.2, 0) is 12.8 Å². The second-order valence-electron chi connectivity index (χ2n) is 4.23. The van der Waals surface area contributed by atoms with Crippen LogP contribution < -0.4 is 4.74 Å². The first-order valence-corrected chi connectivity index (χ1v) is 6.05. The van der Waals surface area contributed by atoms with Crippen molar-refractivity contribution in [2.75, 3.05) is 7.11 Å². The van der Waals surface area contributed by atoms with Crippen LogP contribution in [-0.4, -0.2) is 17.2 Å². The van der Waals surface area contributed by atoms with Crippen LogP contribution >= 0.6 is 0 Å². The quantitative estimate of drug-likeness (QED) is 0.877. The molecule has 2 aromatic rings. The first-order valence-electron chi connectivity index (χ1n) is 6.05. The van der Waals surface area contributed by atoms with E-state index in [2.05, 4.69) is 4.98 Å². The maximum atomic E-state index is 9.19. The SMILES string of the molecule is COc1ccc(CCCc2ccc(O)cc2)cn1. The monoisotopic (exact) mass is 243 g/mol. The summed E-state index contributed by atoms with van der Waals surface area (Å²) >= 11 is 0. The van der Waals surface area contributed by atoms with Crippen molar-refractivity contribution in [3.05, 3.63) is 53.7 Å². The zero-order valence-corrected chi connectivity index (χ0v) is 10.5. The highest BCUT2D eigenvalue weighted by Crippen LogP contribution is 2.13. The van der Waals surface area contributed by atoms with Crippen molar-refractivity contribution in [1.82, 2.24) is 4.98 Å². The standard InChI is InChI=1S/C15H17NO2/c1-18-15-10-7-13(11-16-15)4-2-3-12-5-8-14(17)9-6-12/h5-11,17H,2-4H2,1H3. The summed E-state index contributed by atoms with van der Waals surface area (Å²) in [5, 5.41) is 9.19. The van der Waals surface area contributed by atoms with Crippen LogP contribution in [0.25, 0.3) is 0 Å². The molecule has 1 heterocycles. The molecule has 0 fully saturated rings. The topological polar surface area (TPSA) is 42.4 Å². The maximum Gasteiger partial charge on any atom is 0.212 e. The molecule has 0 aliphatic rings. The van der Waals surface area contributed by atoms with Gasteiger partial charge >= 0.3 is 0 Å². The van der Waals surface area contributed by atoms with Gasteiger partial charge in [-0.15, -0.1) is 0 Å². The average molecular weight is 243 g/mol. The lowest BCUT2D eigenvalue weighted by Gasteiger charge is -2.03. The molecule has 0 radical (unpaired) electrons. The lowest BCUT2D eigenvalue weighted by Crippen LogP contribution is -1.92. The Morgan fingerprint density at radius 2 is 1.67 bits per heavy atom. The number of methoxy groups -OCH3 is 1. The fourth-order valence-electron chi connectivity index (χ4n) is 1.84. The van der Waals surface area contributed by atoms with Crippen LogP contribution in [0.4, 0.5) is 0 Å². The summed E-state index contributed by atoms with van der Waals surface area (Å²) < 4.78 is 5.02. The number of hydrogen-bond acceptors (Lipinski definition) is 3. The second kappa shape index (κ2) is 6.05. The van der Waals surface area contributed by atoms with Gasteiger partial charge < -0.3 is 9.84 Å². The molecule has 0 aliphatic heterocycles. The van der Waals surface area contributed by atoms with Crippen LogP contribution in [0.3, 0.4) is 0 Å². The van der Waals surface area contributed by atoms with E-state index in [9.17, 15) is 5.11 Å². The molecule has 3 heteroatoms. The summed E-state index contributed by atoms with van der Waals surface area (Å²) in [5.41, 5.74) is 2.46. The summed E-state index contributed by atoms with van der Waals surface area (Å²) in [6.45, 7) is 0. The van der Waals surface area contributed by atoms with E-state index < -0.39 is 0 Å². The summed E-state index contributed by atoms with van der Waals surface area (Å²) in [5.74, 6) is 0.968. The first-order chi connectivity index (χ1) is 8.78. The van der Waals surface area contributed by atoms with Gasteiger partial charge in [0.25, 0.3) is 0 Å². The third-order valence-corrected chi connectivity index (χ3v) is 2.87. The average Bonchev–Trinajstić information content (AvgIpc) is 2.42. The van der Waals surface area contributed by atoms with Gasteiger partial charge in [0.05, 0.1) is 7.11 Å². The molecule has 1 N–H and O–H groups in total. The summed E-state index contributed by atoms with van der Waals surface area (Å²) in [7, 11) is 1.62. The van der Waals surface area contributed by atoms with Gasteiger partial charge in [-0.3, -0.25) is 0 Å². The van der Waals surface area contributed by atoms with Gasteiger partial charge in [0.1, 0.15) is 5.75 Å². The molecule has 0 unspecified atom stereocenters. The molecule has 2 rings (SSSR count). The van der Waals surface area contributed by atoms with Crippen molar-refractivity contribution in [2.45, 2.75) is 19.3 Å². The van der Waals surface area contributed by atoms with Crippen LogP contribution in [0, 0.1) is 0 Å². The van der Waals surface area contributed by atoms with E-state index in [0.717, 1.165) is 19.3 Å². The molecule has 1 aromatic heterocycles. The number of aryl methyl sites for hydroxylation is 2. The van der Waals surface area contributed by atoms with Crippen LogP contribution in [0.5, 0.6) is 11.6 Å². The molecule has 0 atom stereocenters. The van der Waals surface area contributed by atoms with Crippen molar-refractivity contribution < 1.29 is 9.84 Å². The van der Waals surface area contributed by atoms with E-state index in [1.54, 1.807) is 19.2 Å². The number of phenolic OH excluding ortho intramolecular Hbond substituents is 1. The highest BCUT2D eigenvalue weighted by atomic mass is 16.5. The van der Waals surface area contributed by atoms with Crippen molar-refractivity contribution in [2.24, 2.45) is 0 Å². The predicted octanol–water partition coefficient (Wildman–Crippen LogP) is 2.97. The van der Waals surface area contributed by atoms with Gasteiger partial charge in [-0.25, -0.2) is 4.98 Å². The highest BCUT2D eigenvalue weighted by molar-refractivity contribution is 5.26. The Balaban J connectivity index is 1.82. The fourth-order valence-corrected chi connectivity index (χ4v) is 1.84. The molecule has 0 amide bonds. The molecule has 0 aliphatic carbocycles. The number of aromatic nitrogens is 1. The third-order valence-electron chi connectivity index (χ3n) is 2.87. The molecule has 0 saturated carbocycles. The Bertz CT molecular complexity index is 477. The molecular weight excluding hydrogens is 226 g/mol. The first kappa shape index (κ1) is 12.4. The van der Waals surface area contributed by atoms with Gasteiger partial charge in [-0.05, 0) is 42.5 Å². The summed E-state index contributed by atoms with van der Waals surface area (Å²) in [4.78, 5) is 4.18. The second-order valence-corrected chi connectivity index (χ2v) is 4.23. The van der Waals surface area contributed by atoms with E-state index >= 15 is 0 Å². The van der Waals surface area contributed by atoms with Gasteiger partial charge in [0.15, 0.2) is 0 Å². The summed E-state index contributed by atoms with van der Waals surface area (Å²) in [6, 6.07) is 11.3. The number of benzene rings is 1. The molecule has 3 nitrogen and oxygen atoms in total. The Hall–Kier alpha value is -2.03. The molecule has 0 spiro atoms. The number of aromatic hydroxyl groups is 1. The van der Waals surface area contributed by atoms with Gasteiger partial charge in [0.2, 0.25) is 5.88 Å². The molecule has 0 saturated heterocycles. The van der Waals surface area contributed by atoms with Crippen molar-refractivity contribution in [1.29, 1.82) is 0 Å².